The lowest BCUT2D eigenvalue weighted by molar-refractivity contribution is -0.141. The van der Waals surface area contributed by atoms with Crippen LogP contribution < -0.4 is 27.4 Å². The molecule has 41 heavy (non-hydrogen) atoms. The SMILES string of the molecule is NC(=O)CC(NC(=O)C(N)Cc1c[nH]c2ccccc12)C(=O)NCC(=O)NC(Cc1c[nH]c2ccccc12)C(=O)O. The number of carboxylic acids is 1. The molecule has 4 aromatic rings. The van der Waals surface area contributed by atoms with Gasteiger partial charge in [0, 0.05) is 40.6 Å². The maximum Gasteiger partial charge on any atom is 0.326 e. The number of aromatic nitrogens is 2. The zero-order chi connectivity index (χ0) is 29.5. The summed E-state index contributed by atoms with van der Waals surface area (Å²) in [6.07, 6.45) is 3.06. The van der Waals surface area contributed by atoms with Crippen LogP contribution in [0.15, 0.2) is 60.9 Å². The summed E-state index contributed by atoms with van der Waals surface area (Å²) in [5.74, 6) is -4.42. The van der Waals surface area contributed by atoms with Gasteiger partial charge in [-0.15, -0.1) is 0 Å². The number of primary amides is 1. The number of H-pyrrole nitrogens is 2. The Kier molecular flexibility index (Phi) is 8.99. The van der Waals surface area contributed by atoms with Crippen molar-refractivity contribution in [3.8, 4) is 0 Å². The fraction of sp³-hybridized carbons (Fsp3) is 0.250. The third-order valence-corrected chi connectivity index (χ3v) is 6.65. The van der Waals surface area contributed by atoms with Gasteiger partial charge in [0.2, 0.25) is 23.6 Å². The van der Waals surface area contributed by atoms with Crippen LogP contribution in [-0.4, -0.2) is 69.3 Å². The Bertz CT molecular complexity index is 1590. The molecule has 13 heteroatoms. The van der Waals surface area contributed by atoms with Crippen molar-refractivity contribution in [3.05, 3.63) is 72.1 Å². The highest BCUT2D eigenvalue weighted by molar-refractivity contribution is 5.95. The minimum Gasteiger partial charge on any atom is -0.480 e. The third kappa shape index (κ3) is 7.28. The van der Waals surface area contributed by atoms with E-state index in [-0.39, 0.29) is 12.8 Å². The zero-order valence-electron chi connectivity index (χ0n) is 22.0. The Morgan fingerprint density at radius 2 is 1.34 bits per heavy atom. The minimum atomic E-state index is -1.39. The number of benzene rings is 2. The number of hydrogen-bond donors (Lipinski definition) is 8. The minimum absolute atomic E-state index is 0.00765. The van der Waals surface area contributed by atoms with Gasteiger partial charge in [-0.3, -0.25) is 19.2 Å². The number of hydrogen-bond acceptors (Lipinski definition) is 6. The summed E-state index contributed by atoms with van der Waals surface area (Å²) in [4.78, 5) is 67.6. The fourth-order valence-electron chi connectivity index (χ4n) is 4.58. The molecule has 3 unspecified atom stereocenters. The van der Waals surface area contributed by atoms with Crippen LogP contribution in [0, 0.1) is 0 Å². The van der Waals surface area contributed by atoms with Crippen molar-refractivity contribution < 1.29 is 29.1 Å². The first kappa shape index (κ1) is 28.8. The van der Waals surface area contributed by atoms with E-state index < -0.39 is 60.7 Å². The summed E-state index contributed by atoms with van der Waals surface area (Å²) in [6, 6.07) is 11.1. The van der Waals surface area contributed by atoms with Gasteiger partial charge in [-0.1, -0.05) is 36.4 Å². The Morgan fingerprint density at radius 1 is 0.780 bits per heavy atom. The highest BCUT2D eigenvalue weighted by Crippen LogP contribution is 2.20. The molecule has 0 radical (unpaired) electrons. The summed E-state index contributed by atoms with van der Waals surface area (Å²) in [5.41, 5.74) is 14.5. The lowest BCUT2D eigenvalue weighted by Gasteiger charge is -2.20. The van der Waals surface area contributed by atoms with Crippen LogP contribution in [0.4, 0.5) is 0 Å². The number of nitrogens with one attached hydrogen (secondary N) is 5. The van der Waals surface area contributed by atoms with E-state index in [0.717, 1.165) is 27.4 Å². The van der Waals surface area contributed by atoms with Crippen molar-refractivity contribution in [1.29, 1.82) is 0 Å². The number of carboxylic acid groups (broad SMARTS) is 1. The van der Waals surface area contributed by atoms with Gasteiger partial charge in [0.05, 0.1) is 19.0 Å². The zero-order valence-corrected chi connectivity index (χ0v) is 22.0. The average Bonchev–Trinajstić information content (AvgIpc) is 3.54. The van der Waals surface area contributed by atoms with Gasteiger partial charge in [-0.2, -0.15) is 0 Å². The second-order valence-electron chi connectivity index (χ2n) is 9.64. The van der Waals surface area contributed by atoms with Crippen molar-refractivity contribution in [2.45, 2.75) is 37.4 Å². The van der Waals surface area contributed by atoms with Gasteiger partial charge >= 0.3 is 5.97 Å². The number of para-hydroxylation sites is 2. The Labute approximate surface area is 234 Å². The number of carbonyl (C=O) groups is 5. The first-order valence-electron chi connectivity index (χ1n) is 12.9. The maximum absolute atomic E-state index is 12.8. The predicted octanol–water partition coefficient (Wildman–Crippen LogP) is -0.192. The largest absolute Gasteiger partial charge is 0.480 e. The first-order chi connectivity index (χ1) is 19.6. The van der Waals surface area contributed by atoms with Gasteiger partial charge in [-0.25, -0.2) is 4.79 Å². The topological polar surface area (TPSA) is 225 Å². The Balaban J connectivity index is 1.33. The van der Waals surface area contributed by atoms with E-state index in [9.17, 15) is 29.1 Å². The standard InChI is InChI=1S/C28H31N7O6/c29-19(9-15-12-31-20-7-3-1-5-17(15)20)26(38)35-22(11-24(30)36)27(39)33-14-25(37)34-23(28(40)41)10-16-13-32-21-8-4-2-6-18(16)21/h1-8,12-13,19,22-23,31-32H,9-11,14,29H2,(H2,30,36)(H,33,39)(H,34,37)(H,35,38)(H,40,41). The average molecular weight is 562 g/mol. The number of fused-ring (bicyclic) bond motifs is 2. The highest BCUT2D eigenvalue weighted by Gasteiger charge is 2.27. The molecule has 2 aromatic carbocycles. The van der Waals surface area contributed by atoms with E-state index in [1.165, 1.54) is 0 Å². The number of aromatic amines is 2. The quantitative estimate of drug-likeness (QED) is 0.110. The van der Waals surface area contributed by atoms with Gasteiger partial charge in [0.25, 0.3) is 0 Å². The van der Waals surface area contributed by atoms with Crippen molar-refractivity contribution in [2.24, 2.45) is 11.5 Å². The van der Waals surface area contributed by atoms with Crippen LogP contribution in [0.2, 0.25) is 0 Å². The molecule has 0 saturated heterocycles. The maximum atomic E-state index is 12.8. The van der Waals surface area contributed by atoms with E-state index in [2.05, 4.69) is 25.9 Å². The first-order valence-corrected chi connectivity index (χ1v) is 12.9. The van der Waals surface area contributed by atoms with Gasteiger partial charge in [-0.05, 0) is 29.7 Å². The van der Waals surface area contributed by atoms with E-state index in [4.69, 9.17) is 11.5 Å². The van der Waals surface area contributed by atoms with E-state index in [1.807, 2.05) is 48.5 Å². The van der Waals surface area contributed by atoms with Crippen LogP contribution in [0.3, 0.4) is 0 Å². The number of amides is 4. The molecule has 2 aromatic heterocycles. The third-order valence-electron chi connectivity index (χ3n) is 6.65. The lowest BCUT2D eigenvalue weighted by atomic mass is 10.0. The molecule has 4 amide bonds. The molecule has 4 rings (SSSR count). The number of carbonyl (C=O) groups excluding carboxylic acids is 4. The van der Waals surface area contributed by atoms with E-state index >= 15 is 0 Å². The summed E-state index contributed by atoms with van der Waals surface area (Å²) in [7, 11) is 0. The molecule has 214 valence electrons. The van der Waals surface area contributed by atoms with Crippen molar-refractivity contribution in [3.63, 3.8) is 0 Å². The molecule has 0 fully saturated rings. The molecule has 0 bridgehead atoms. The predicted molar refractivity (Wildman–Crippen MR) is 150 cm³/mol. The van der Waals surface area contributed by atoms with Crippen molar-refractivity contribution >= 4 is 51.4 Å². The van der Waals surface area contributed by atoms with Gasteiger partial charge < -0.3 is 42.5 Å². The fourth-order valence-corrected chi connectivity index (χ4v) is 4.58. The van der Waals surface area contributed by atoms with Crippen LogP contribution >= 0.6 is 0 Å². The molecule has 13 nitrogen and oxygen atoms in total. The molecule has 0 aliphatic carbocycles. The van der Waals surface area contributed by atoms with Gasteiger partial charge in [0.1, 0.15) is 12.1 Å². The van der Waals surface area contributed by atoms with E-state index in [1.54, 1.807) is 12.4 Å². The summed E-state index contributed by atoms with van der Waals surface area (Å²) in [5, 5.41) is 18.5. The summed E-state index contributed by atoms with van der Waals surface area (Å²) in [6.45, 7) is -0.594. The van der Waals surface area contributed by atoms with Crippen LogP contribution in [0.25, 0.3) is 21.8 Å². The summed E-state index contributed by atoms with van der Waals surface area (Å²) < 4.78 is 0. The molecule has 0 saturated carbocycles. The van der Waals surface area contributed by atoms with Crippen LogP contribution in [0.5, 0.6) is 0 Å². The molecule has 2 heterocycles. The molecular weight excluding hydrogens is 530 g/mol. The van der Waals surface area contributed by atoms with Crippen LogP contribution in [0.1, 0.15) is 17.5 Å². The molecule has 0 spiro atoms. The summed E-state index contributed by atoms with van der Waals surface area (Å²) >= 11 is 0. The van der Waals surface area contributed by atoms with E-state index in [0.29, 0.717) is 5.56 Å². The molecule has 3 atom stereocenters. The molecule has 0 aliphatic heterocycles. The van der Waals surface area contributed by atoms with Gasteiger partial charge in [0.15, 0.2) is 0 Å². The second-order valence-corrected chi connectivity index (χ2v) is 9.64. The monoisotopic (exact) mass is 561 g/mol. The van der Waals surface area contributed by atoms with Crippen molar-refractivity contribution in [2.75, 3.05) is 6.54 Å². The Morgan fingerprint density at radius 3 is 1.90 bits per heavy atom. The normalized spacial score (nSPS) is 13.3. The van der Waals surface area contributed by atoms with Crippen molar-refractivity contribution in [1.82, 2.24) is 25.9 Å². The molecule has 0 aliphatic rings. The number of nitrogens with two attached hydrogens (primary N) is 2. The molecule has 10 N–H and O–H groups in total. The smallest absolute Gasteiger partial charge is 0.326 e. The van der Waals surface area contributed by atoms with Crippen LogP contribution in [-0.2, 0) is 36.8 Å². The lowest BCUT2D eigenvalue weighted by Crippen LogP contribution is -2.54. The molecular formula is C28H31N7O6. The highest BCUT2D eigenvalue weighted by atomic mass is 16.4. The number of rotatable bonds is 13. The second kappa shape index (κ2) is 12.8. The number of aliphatic carboxylic acids is 1. The Hall–Kier alpha value is -5.17.